The van der Waals surface area contributed by atoms with Crippen molar-refractivity contribution in [1.82, 2.24) is 30.0 Å². The number of aliphatic carboxylic acids is 1. The van der Waals surface area contributed by atoms with E-state index in [0.717, 1.165) is 32.7 Å². The molecule has 0 saturated carbocycles. The first-order chi connectivity index (χ1) is 27.3. The molecule has 2 aliphatic heterocycles. The highest BCUT2D eigenvalue weighted by atomic mass is 32.2. The molecule has 16 nitrogen and oxygen atoms in total. The van der Waals surface area contributed by atoms with Gasteiger partial charge in [-0.3, -0.25) is 34.2 Å². The van der Waals surface area contributed by atoms with Crippen LogP contribution in [-0.2, 0) is 29.0 Å². The Bertz CT molecular complexity index is 1710. The van der Waals surface area contributed by atoms with E-state index in [-0.39, 0.29) is 49.1 Å². The van der Waals surface area contributed by atoms with Gasteiger partial charge in [-0.05, 0) is 75.7 Å². The summed E-state index contributed by atoms with van der Waals surface area (Å²) in [6.45, 7) is 9.10. The SMILES string of the molecule is CCN1CCN(C)CCN(CC(=O)CCCCC[C@H](N)C(=O)N2CCC(C(=O)NO)(S(=O)(=O)c3ccc(Oc4ccccc4)cc3)CC2)CCN(CC(=O)O)CC1. The Kier molecular flexibility index (Phi) is 17.9. The normalized spacial score (nSPS) is 18.8. The lowest BCUT2D eigenvalue weighted by Gasteiger charge is -2.40. The van der Waals surface area contributed by atoms with E-state index in [4.69, 9.17) is 10.5 Å². The summed E-state index contributed by atoms with van der Waals surface area (Å²) < 4.78 is 31.6. The van der Waals surface area contributed by atoms with E-state index in [2.05, 4.69) is 28.7 Å². The number of carboxylic acids is 1. The van der Waals surface area contributed by atoms with Crippen LogP contribution in [0.3, 0.4) is 0 Å². The van der Waals surface area contributed by atoms with Crippen LogP contribution in [0.15, 0.2) is 59.5 Å². The Balaban J connectivity index is 1.23. The number of unbranched alkanes of at least 4 members (excludes halogenated alkanes) is 2. The van der Waals surface area contributed by atoms with Gasteiger partial charge in [-0.15, -0.1) is 0 Å². The minimum atomic E-state index is -4.31. The van der Waals surface area contributed by atoms with Gasteiger partial charge in [0.05, 0.1) is 24.0 Å². The molecule has 0 spiro atoms. The molecule has 0 aromatic heterocycles. The number of Topliss-reactive ketones (excluding diaryl/α,β-unsaturated/α-hetero) is 1. The third kappa shape index (κ3) is 13.3. The zero-order valence-corrected chi connectivity index (χ0v) is 34.2. The lowest BCUT2D eigenvalue weighted by atomic mass is 9.94. The highest BCUT2D eigenvalue weighted by molar-refractivity contribution is 7.93. The van der Waals surface area contributed by atoms with Crippen molar-refractivity contribution in [3.63, 3.8) is 0 Å². The third-order valence-electron chi connectivity index (χ3n) is 11.1. The maximum atomic E-state index is 13.9. The van der Waals surface area contributed by atoms with Gasteiger partial charge >= 0.3 is 5.97 Å². The number of ether oxygens (including phenoxy) is 1. The monoisotopic (exact) mass is 815 g/mol. The minimum absolute atomic E-state index is 0.0349. The fourth-order valence-electron chi connectivity index (χ4n) is 7.36. The molecule has 0 radical (unpaired) electrons. The van der Waals surface area contributed by atoms with E-state index in [1.807, 2.05) is 23.1 Å². The van der Waals surface area contributed by atoms with Gasteiger partial charge in [-0.1, -0.05) is 38.0 Å². The molecule has 2 amide bonds. The van der Waals surface area contributed by atoms with E-state index in [0.29, 0.717) is 76.3 Å². The molecule has 2 aromatic carbocycles. The summed E-state index contributed by atoms with van der Waals surface area (Å²) in [6.07, 6.45) is 2.28. The number of rotatable bonds is 17. The van der Waals surface area contributed by atoms with Gasteiger partial charge in [-0.2, -0.15) is 0 Å². The van der Waals surface area contributed by atoms with Crippen molar-refractivity contribution < 1.29 is 42.6 Å². The number of hydrogen-bond acceptors (Lipinski definition) is 13. The number of nitrogens with two attached hydrogens (primary N) is 1. The number of nitrogens with zero attached hydrogens (tertiary/aromatic N) is 5. The summed E-state index contributed by atoms with van der Waals surface area (Å²) in [6, 6.07) is 13.9. The Labute approximate surface area is 336 Å². The third-order valence-corrected chi connectivity index (χ3v) is 13.6. The number of piperidine rings is 1. The Morgan fingerprint density at radius 2 is 1.35 bits per heavy atom. The predicted octanol–water partition coefficient (Wildman–Crippen LogP) is 1.92. The van der Waals surface area contributed by atoms with Gasteiger partial charge in [0.1, 0.15) is 17.3 Å². The highest BCUT2D eigenvalue weighted by Gasteiger charge is 2.53. The summed E-state index contributed by atoms with van der Waals surface area (Å²) in [7, 11) is -2.23. The zero-order chi connectivity index (χ0) is 41.4. The molecule has 5 N–H and O–H groups in total. The van der Waals surface area contributed by atoms with Crippen molar-refractivity contribution in [2.24, 2.45) is 5.73 Å². The number of sulfone groups is 1. The fourth-order valence-corrected chi connectivity index (χ4v) is 9.31. The lowest BCUT2D eigenvalue weighted by molar-refractivity contribution is -0.138. The van der Waals surface area contributed by atoms with E-state index in [1.165, 1.54) is 34.6 Å². The highest BCUT2D eigenvalue weighted by Crippen LogP contribution is 2.37. The van der Waals surface area contributed by atoms with Crippen molar-refractivity contribution in [3.8, 4) is 11.5 Å². The second-order valence-corrected chi connectivity index (χ2v) is 17.3. The van der Waals surface area contributed by atoms with Gasteiger partial charge < -0.3 is 30.3 Å². The summed E-state index contributed by atoms with van der Waals surface area (Å²) >= 11 is 0. The molecular weight excluding hydrogens is 755 g/mol. The van der Waals surface area contributed by atoms with E-state index in [9.17, 15) is 37.9 Å². The Morgan fingerprint density at radius 1 is 0.789 bits per heavy atom. The van der Waals surface area contributed by atoms with E-state index >= 15 is 0 Å². The van der Waals surface area contributed by atoms with Crippen LogP contribution in [0.4, 0.5) is 0 Å². The number of carboxylic acid groups (broad SMARTS) is 1. The number of amides is 2. The van der Waals surface area contributed by atoms with Crippen LogP contribution in [0, 0.1) is 0 Å². The van der Waals surface area contributed by atoms with Crippen LogP contribution in [0.5, 0.6) is 11.5 Å². The number of nitrogens with one attached hydrogen (secondary N) is 1. The van der Waals surface area contributed by atoms with Crippen LogP contribution in [0.25, 0.3) is 0 Å². The predicted molar refractivity (Wildman–Crippen MR) is 215 cm³/mol. The smallest absolute Gasteiger partial charge is 0.317 e. The standard InChI is InChI=1S/C40H61N7O9S/c1-3-44-24-22-43(2)23-25-45(28-29-46(27-26-44)31-37(49)50)30-32(48)10-6-4-9-13-36(41)38(51)47-20-18-40(19-21-47,39(52)42-53)57(54,55)35-16-14-34(15-17-35)56-33-11-7-5-8-12-33/h5,7-8,11-12,14-17,36,53H,3-4,6,9-10,13,18-31,41H2,1-2H3,(H,42,52)(H,49,50)/t36-/m0/s1. The van der Waals surface area contributed by atoms with E-state index < -0.39 is 32.5 Å². The molecule has 2 aromatic rings. The largest absolute Gasteiger partial charge is 0.480 e. The van der Waals surface area contributed by atoms with Crippen molar-refractivity contribution in [2.75, 3.05) is 92.1 Å². The van der Waals surface area contributed by atoms with Crippen LogP contribution in [-0.4, -0.2) is 170 Å². The first-order valence-electron chi connectivity index (χ1n) is 19.9. The van der Waals surface area contributed by atoms with Gasteiger partial charge in [0.15, 0.2) is 14.6 Å². The van der Waals surface area contributed by atoms with Crippen LogP contribution in [0.1, 0.15) is 51.9 Å². The van der Waals surface area contributed by atoms with Crippen LogP contribution in [0.2, 0.25) is 0 Å². The number of carbonyl (C=O) groups excluding carboxylic acids is 3. The zero-order valence-electron chi connectivity index (χ0n) is 33.4. The van der Waals surface area contributed by atoms with Crippen molar-refractivity contribution >= 4 is 33.4 Å². The molecule has 2 heterocycles. The second kappa shape index (κ2) is 22.3. The average Bonchev–Trinajstić information content (AvgIpc) is 3.20. The molecule has 2 aliphatic rings. The Morgan fingerprint density at radius 3 is 1.95 bits per heavy atom. The number of hydroxylamine groups is 1. The number of likely N-dealkylation sites (tertiary alicyclic amines) is 1. The number of likely N-dealkylation sites (N-methyl/N-ethyl adjacent to an activating group) is 2. The lowest BCUT2D eigenvalue weighted by Crippen LogP contribution is -2.59. The quantitative estimate of drug-likeness (QED) is 0.102. The van der Waals surface area contributed by atoms with Crippen molar-refractivity contribution in [3.05, 3.63) is 54.6 Å². The molecule has 2 saturated heterocycles. The maximum Gasteiger partial charge on any atom is 0.317 e. The van der Waals surface area contributed by atoms with Crippen molar-refractivity contribution in [1.29, 1.82) is 0 Å². The van der Waals surface area contributed by atoms with Gasteiger partial charge in [0.25, 0.3) is 5.91 Å². The first kappa shape index (κ1) is 45.7. The topological polar surface area (TPSA) is 206 Å². The van der Waals surface area contributed by atoms with Gasteiger partial charge in [0.2, 0.25) is 5.91 Å². The summed E-state index contributed by atoms with van der Waals surface area (Å²) in [4.78, 5) is 60.9. The number of para-hydroxylation sites is 1. The molecule has 2 fully saturated rings. The maximum absolute atomic E-state index is 13.9. The molecule has 1 atom stereocenters. The molecule has 0 unspecified atom stereocenters. The summed E-state index contributed by atoms with van der Waals surface area (Å²) in [5.41, 5.74) is 7.83. The molecule has 57 heavy (non-hydrogen) atoms. The van der Waals surface area contributed by atoms with Crippen LogP contribution < -0.4 is 16.0 Å². The molecule has 0 aliphatic carbocycles. The molecular formula is C40H61N7O9S. The molecule has 4 rings (SSSR count). The Hall–Kier alpha value is -3.97. The number of ketones is 1. The van der Waals surface area contributed by atoms with Crippen LogP contribution >= 0.6 is 0 Å². The first-order valence-corrected chi connectivity index (χ1v) is 21.4. The molecule has 0 bridgehead atoms. The van der Waals surface area contributed by atoms with E-state index in [1.54, 1.807) is 12.1 Å². The number of benzene rings is 2. The molecule has 316 valence electrons. The minimum Gasteiger partial charge on any atom is -0.480 e. The number of hydrogen-bond donors (Lipinski definition) is 4. The fraction of sp³-hybridized carbons (Fsp3) is 0.600. The van der Waals surface area contributed by atoms with Crippen molar-refractivity contribution in [2.45, 2.75) is 67.6 Å². The summed E-state index contributed by atoms with van der Waals surface area (Å²) in [5.74, 6) is -1.17. The van der Waals surface area contributed by atoms with Gasteiger partial charge in [0, 0.05) is 71.9 Å². The summed E-state index contributed by atoms with van der Waals surface area (Å²) in [5, 5.41) is 19.0. The number of carbonyl (C=O) groups is 4. The second-order valence-electron chi connectivity index (χ2n) is 15.1. The van der Waals surface area contributed by atoms with Gasteiger partial charge in [-0.25, -0.2) is 13.9 Å². The average molecular weight is 816 g/mol. The molecule has 17 heteroatoms.